The highest BCUT2D eigenvalue weighted by Gasteiger charge is 2.38. The Morgan fingerprint density at radius 3 is 2.42 bits per heavy atom. The summed E-state index contributed by atoms with van der Waals surface area (Å²) in [5, 5.41) is 0. The number of hydrogen-bond acceptors (Lipinski definition) is 2. The highest BCUT2D eigenvalue weighted by atomic mass is 16.5. The molecule has 0 N–H and O–H groups in total. The Bertz CT molecular complexity index is 771. The van der Waals surface area contributed by atoms with Crippen molar-refractivity contribution >= 4 is 5.91 Å². The largest absolute Gasteiger partial charge is 0.366 e. The van der Waals surface area contributed by atoms with E-state index in [2.05, 4.69) is 37.5 Å². The lowest BCUT2D eigenvalue weighted by atomic mass is 9.87. The van der Waals surface area contributed by atoms with E-state index in [4.69, 9.17) is 4.74 Å². The van der Waals surface area contributed by atoms with Gasteiger partial charge in [-0.2, -0.15) is 0 Å². The Balaban J connectivity index is 1.61. The molecule has 0 radical (unpaired) electrons. The molecular weight excluding hydrogens is 324 g/mol. The molecular formula is C22H28N2O2. The average molecular weight is 352 g/mol. The van der Waals surface area contributed by atoms with Crippen molar-refractivity contribution in [2.24, 2.45) is 5.41 Å². The predicted octanol–water partition coefficient (Wildman–Crippen LogP) is 4.45. The van der Waals surface area contributed by atoms with Crippen LogP contribution in [0.5, 0.6) is 0 Å². The molecule has 1 aromatic carbocycles. The van der Waals surface area contributed by atoms with Crippen LogP contribution in [0.25, 0.3) is 0 Å². The smallest absolute Gasteiger partial charge is 0.270 e. The molecule has 2 atom stereocenters. The van der Waals surface area contributed by atoms with Crippen molar-refractivity contribution in [1.29, 1.82) is 0 Å². The second kappa shape index (κ2) is 6.58. The third-order valence-corrected chi connectivity index (χ3v) is 5.46. The summed E-state index contributed by atoms with van der Waals surface area (Å²) in [5.74, 6) is 0.125. The van der Waals surface area contributed by atoms with Crippen LogP contribution in [0.1, 0.15) is 61.8 Å². The summed E-state index contributed by atoms with van der Waals surface area (Å²) in [4.78, 5) is 15.3. The van der Waals surface area contributed by atoms with Crippen molar-refractivity contribution < 1.29 is 9.53 Å². The number of amides is 1. The topological polar surface area (TPSA) is 34.5 Å². The summed E-state index contributed by atoms with van der Waals surface area (Å²) < 4.78 is 8.58. The van der Waals surface area contributed by atoms with Gasteiger partial charge in [0.2, 0.25) is 0 Å². The number of rotatable bonds is 3. The normalized spacial score (nSPS) is 23.9. The van der Waals surface area contributed by atoms with E-state index in [-0.39, 0.29) is 23.5 Å². The Labute approximate surface area is 155 Å². The standard InChI is InChI=1S/C22H28N2O2/c1-22(2,3)20-15-23(14-19(26-20)16-8-5-4-6-9-16)21(25)18-10-7-13-24(18)17-11-12-17/h4-10,13,17,19-20H,11-12,14-15H2,1-3H3/t19-,20+/m0/s1. The lowest BCUT2D eigenvalue weighted by Crippen LogP contribution is -2.51. The van der Waals surface area contributed by atoms with E-state index in [1.807, 2.05) is 41.4 Å². The van der Waals surface area contributed by atoms with Crippen molar-refractivity contribution in [2.45, 2.75) is 51.9 Å². The minimum absolute atomic E-state index is 0.00902. The van der Waals surface area contributed by atoms with Crippen molar-refractivity contribution in [3.05, 3.63) is 59.9 Å². The van der Waals surface area contributed by atoms with E-state index in [0.717, 1.165) is 11.3 Å². The number of benzene rings is 1. The van der Waals surface area contributed by atoms with E-state index in [1.54, 1.807) is 0 Å². The fourth-order valence-corrected chi connectivity index (χ4v) is 3.66. The van der Waals surface area contributed by atoms with Crippen LogP contribution < -0.4 is 0 Å². The Hall–Kier alpha value is -2.07. The molecule has 0 unspecified atom stereocenters. The second-order valence-corrected chi connectivity index (χ2v) is 8.63. The zero-order valence-electron chi connectivity index (χ0n) is 15.9. The minimum atomic E-state index is -0.0811. The van der Waals surface area contributed by atoms with Gasteiger partial charge in [0.05, 0.1) is 12.6 Å². The molecule has 0 bridgehead atoms. The maximum absolute atomic E-state index is 13.3. The van der Waals surface area contributed by atoms with Crippen molar-refractivity contribution in [3.8, 4) is 0 Å². The molecule has 1 aromatic heterocycles. The van der Waals surface area contributed by atoms with E-state index < -0.39 is 0 Å². The first kappa shape index (κ1) is 17.3. The number of carbonyl (C=O) groups is 1. The number of hydrogen-bond donors (Lipinski definition) is 0. The molecule has 1 aliphatic heterocycles. The van der Waals surface area contributed by atoms with E-state index in [9.17, 15) is 4.79 Å². The van der Waals surface area contributed by atoms with E-state index in [0.29, 0.717) is 19.1 Å². The molecule has 1 saturated heterocycles. The molecule has 2 aromatic rings. The molecule has 0 spiro atoms. The van der Waals surface area contributed by atoms with Gasteiger partial charge in [-0.15, -0.1) is 0 Å². The Morgan fingerprint density at radius 2 is 1.77 bits per heavy atom. The number of ether oxygens (including phenoxy) is 1. The molecule has 26 heavy (non-hydrogen) atoms. The number of aromatic nitrogens is 1. The molecule has 4 rings (SSSR count). The molecule has 1 saturated carbocycles. The van der Waals surface area contributed by atoms with Gasteiger partial charge in [0.25, 0.3) is 5.91 Å². The van der Waals surface area contributed by atoms with E-state index in [1.165, 1.54) is 12.8 Å². The fraction of sp³-hybridized carbons (Fsp3) is 0.500. The van der Waals surface area contributed by atoms with Gasteiger partial charge in [-0.1, -0.05) is 51.1 Å². The molecule has 1 amide bonds. The predicted molar refractivity (Wildman–Crippen MR) is 102 cm³/mol. The van der Waals surface area contributed by atoms with Gasteiger partial charge in [0.15, 0.2) is 0 Å². The Morgan fingerprint density at radius 1 is 1.04 bits per heavy atom. The van der Waals surface area contributed by atoms with Gasteiger partial charge in [-0.05, 0) is 36.0 Å². The number of nitrogens with zero attached hydrogens (tertiary/aromatic N) is 2. The molecule has 2 fully saturated rings. The fourth-order valence-electron chi connectivity index (χ4n) is 3.66. The summed E-state index contributed by atoms with van der Waals surface area (Å²) >= 11 is 0. The number of morpholine rings is 1. The maximum atomic E-state index is 13.3. The van der Waals surface area contributed by atoms with Crippen LogP contribution in [0.4, 0.5) is 0 Å². The van der Waals surface area contributed by atoms with E-state index >= 15 is 0 Å². The maximum Gasteiger partial charge on any atom is 0.270 e. The summed E-state index contributed by atoms with van der Waals surface area (Å²) in [6.45, 7) is 7.79. The van der Waals surface area contributed by atoms with Gasteiger partial charge >= 0.3 is 0 Å². The molecule has 2 aliphatic rings. The van der Waals surface area contributed by atoms with Crippen molar-refractivity contribution in [1.82, 2.24) is 9.47 Å². The van der Waals surface area contributed by atoms with Gasteiger partial charge in [-0.25, -0.2) is 0 Å². The van der Waals surface area contributed by atoms with Gasteiger partial charge in [-0.3, -0.25) is 4.79 Å². The highest BCUT2D eigenvalue weighted by Crippen LogP contribution is 2.37. The molecule has 2 heterocycles. The molecule has 1 aliphatic carbocycles. The summed E-state index contributed by atoms with van der Waals surface area (Å²) in [6, 6.07) is 14.7. The van der Waals surface area contributed by atoms with Crippen molar-refractivity contribution in [2.75, 3.05) is 13.1 Å². The zero-order chi connectivity index (χ0) is 18.3. The van der Waals surface area contributed by atoms with Gasteiger partial charge < -0.3 is 14.2 Å². The quantitative estimate of drug-likeness (QED) is 0.818. The molecule has 138 valence electrons. The van der Waals surface area contributed by atoms with Crippen LogP contribution in [0.3, 0.4) is 0 Å². The summed E-state index contributed by atoms with van der Waals surface area (Å²) in [7, 11) is 0. The highest BCUT2D eigenvalue weighted by molar-refractivity contribution is 5.93. The minimum Gasteiger partial charge on any atom is -0.366 e. The van der Waals surface area contributed by atoms with Gasteiger partial charge in [0, 0.05) is 18.8 Å². The zero-order valence-corrected chi connectivity index (χ0v) is 15.9. The molecule has 4 heteroatoms. The van der Waals surface area contributed by atoms with Crippen LogP contribution in [0, 0.1) is 5.41 Å². The average Bonchev–Trinajstić information content (AvgIpc) is 3.37. The lowest BCUT2D eigenvalue weighted by Gasteiger charge is -2.43. The first-order valence-electron chi connectivity index (χ1n) is 9.60. The summed E-state index contributed by atoms with van der Waals surface area (Å²) in [5.41, 5.74) is 1.93. The van der Waals surface area contributed by atoms with Gasteiger partial charge in [0.1, 0.15) is 11.8 Å². The van der Waals surface area contributed by atoms with Crippen molar-refractivity contribution in [3.63, 3.8) is 0 Å². The third kappa shape index (κ3) is 3.43. The van der Waals surface area contributed by atoms with Crippen LogP contribution >= 0.6 is 0 Å². The lowest BCUT2D eigenvalue weighted by molar-refractivity contribution is -0.119. The number of carbonyl (C=O) groups excluding carboxylic acids is 1. The SMILES string of the molecule is CC(C)(C)[C@H]1CN(C(=O)c2cccn2C2CC2)C[C@@H](c2ccccc2)O1. The molecule has 4 nitrogen and oxygen atoms in total. The van der Waals surface area contributed by atoms with Crippen LogP contribution in [0.2, 0.25) is 0 Å². The second-order valence-electron chi connectivity index (χ2n) is 8.63. The van der Waals surface area contributed by atoms with Crippen LogP contribution in [-0.4, -0.2) is 34.6 Å². The monoisotopic (exact) mass is 352 g/mol. The first-order chi connectivity index (χ1) is 12.4. The third-order valence-electron chi connectivity index (χ3n) is 5.46. The summed E-state index contributed by atoms with van der Waals surface area (Å²) in [6.07, 6.45) is 4.32. The van der Waals surface area contributed by atoms with Crippen LogP contribution in [-0.2, 0) is 4.74 Å². The first-order valence-corrected chi connectivity index (χ1v) is 9.60. The van der Waals surface area contributed by atoms with Crippen LogP contribution in [0.15, 0.2) is 48.7 Å². The Kier molecular flexibility index (Phi) is 4.39.